The number of nitrogen functional groups attached to an aromatic ring is 1. The fraction of sp³-hybridized carbons (Fsp3) is 0. The van der Waals surface area contributed by atoms with Crippen LogP contribution in [0.25, 0.3) is 0 Å². The Morgan fingerprint density at radius 3 is 2.85 bits per heavy atom. The number of hydrogen-bond acceptors (Lipinski definition) is 5. The van der Waals surface area contributed by atoms with Gasteiger partial charge in [0.25, 0.3) is 0 Å². The molecular weight excluding hydrogens is 280 g/mol. The van der Waals surface area contributed by atoms with Gasteiger partial charge in [-0.25, -0.2) is 9.78 Å². The van der Waals surface area contributed by atoms with Crippen molar-refractivity contribution in [1.82, 2.24) is 4.98 Å². The molecule has 0 atom stereocenters. The first-order valence-corrected chi connectivity index (χ1v) is 5.84. The van der Waals surface area contributed by atoms with Gasteiger partial charge >= 0.3 is 5.97 Å². The highest BCUT2D eigenvalue weighted by atomic mass is 35.5. The SMILES string of the molecule is N#Cc1ccc(Cl)cc1Nc1cc(C(=O)O)c(N)cn1. The second-order valence-electron chi connectivity index (χ2n) is 3.89. The summed E-state index contributed by atoms with van der Waals surface area (Å²) in [5.74, 6) is -0.894. The standard InChI is InChI=1S/C13H9ClN4O2/c14-8-2-1-7(5-15)11(3-8)18-12-4-9(13(19)20)10(16)6-17-12/h1-4,6H,16H2,(H,17,18)(H,19,20). The molecule has 0 spiro atoms. The van der Waals surface area contributed by atoms with Crippen LogP contribution in [-0.2, 0) is 0 Å². The molecule has 0 aliphatic carbocycles. The highest BCUT2D eigenvalue weighted by Crippen LogP contribution is 2.24. The number of hydrogen-bond donors (Lipinski definition) is 3. The number of nitrogens with two attached hydrogens (primary N) is 1. The fourth-order valence-corrected chi connectivity index (χ4v) is 1.75. The number of nitriles is 1. The van der Waals surface area contributed by atoms with Crippen molar-refractivity contribution in [3.8, 4) is 6.07 Å². The van der Waals surface area contributed by atoms with Crippen LogP contribution in [0.4, 0.5) is 17.2 Å². The molecule has 0 aliphatic heterocycles. The first-order chi connectivity index (χ1) is 9.51. The lowest BCUT2D eigenvalue weighted by atomic mass is 10.2. The molecular formula is C13H9ClN4O2. The Hall–Kier alpha value is -2.78. The van der Waals surface area contributed by atoms with Crippen molar-refractivity contribution in [2.24, 2.45) is 0 Å². The zero-order chi connectivity index (χ0) is 14.7. The molecule has 0 saturated heterocycles. The molecule has 0 radical (unpaired) electrons. The van der Waals surface area contributed by atoms with E-state index in [1.54, 1.807) is 18.2 Å². The molecule has 0 unspecified atom stereocenters. The van der Waals surface area contributed by atoms with Gasteiger partial charge in [-0.3, -0.25) is 0 Å². The number of nitrogens with one attached hydrogen (secondary N) is 1. The summed E-state index contributed by atoms with van der Waals surface area (Å²) in [6, 6.07) is 7.99. The molecule has 100 valence electrons. The predicted molar refractivity (Wildman–Crippen MR) is 75.1 cm³/mol. The normalized spacial score (nSPS) is 9.80. The lowest BCUT2D eigenvalue weighted by Crippen LogP contribution is -2.05. The zero-order valence-corrected chi connectivity index (χ0v) is 10.8. The van der Waals surface area contributed by atoms with Gasteiger partial charge < -0.3 is 16.2 Å². The number of pyridine rings is 1. The molecule has 20 heavy (non-hydrogen) atoms. The van der Waals surface area contributed by atoms with Crippen molar-refractivity contribution in [1.29, 1.82) is 5.26 Å². The van der Waals surface area contributed by atoms with Gasteiger partial charge in [0.2, 0.25) is 0 Å². The van der Waals surface area contributed by atoms with E-state index >= 15 is 0 Å². The highest BCUT2D eigenvalue weighted by Gasteiger charge is 2.11. The molecule has 0 amide bonds. The minimum atomic E-state index is -1.15. The highest BCUT2D eigenvalue weighted by molar-refractivity contribution is 6.30. The third-order valence-corrected chi connectivity index (χ3v) is 2.77. The molecule has 4 N–H and O–H groups in total. The summed E-state index contributed by atoms with van der Waals surface area (Å²) in [5.41, 5.74) is 6.32. The van der Waals surface area contributed by atoms with Crippen LogP contribution in [0.1, 0.15) is 15.9 Å². The van der Waals surface area contributed by atoms with Crippen LogP contribution < -0.4 is 11.1 Å². The third kappa shape index (κ3) is 2.79. The van der Waals surface area contributed by atoms with Crippen molar-refractivity contribution in [3.63, 3.8) is 0 Å². The number of anilines is 3. The molecule has 0 aliphatic rings. The number of carboxylic acids is 1. The summed E-state index contributed by atoms with van der Waals surface area (Å²) < 4.78 is 0. The van der Waals surface area contributed by atoms with Crippen molar-refractivity contribution < 1.29 is 9.90 Å². The largest absolute Gasteiger partial charge is 0.478 e. The molecule has 2 aromatic rings. The molecule has 0 saturated carbocycles. The maximum Gasteiger partial charge on any atom is 0.337 e. The van der Waals surface area contributed by atoms with Gasteiger partial charge in [-0.1, -0.05) is 11.6 Å². The van der Waals surface area contributed by atoms with E-state index in [1.807, 2.05) is 6.07 Å². The Bertz CT molecular complexity index is 725. The molecule has 7 heteroatoms. The van der Waals surface area contributed by atoms with Crippen LogP contribution in [0.3, 0.4) is 0 Å². The molecule has 0 fully saturated rings. The molecule has 6 nitrogen and oxygen atoms in total. The fourth-order valence-electron chi connectivity index (χ4n) is 1.57. The Balaban J connectivity index is 2.40. The molecule has 1 aromatic heterocycles. The second kappa shape index (κ2) is 5.47. The lowest BCUT2D eigenvalue weighted by Gasteiger charge is -2.09. The van der Waals surface area contributed by atoms with Gasteiger partial charge in [-0.15, -0.1) is 0 Å². The van der Waals surface area contributed by atoms with Crippen LogP contribution in [-0.4, -0.2) is 16.1 Å². The van der Waals surface area contributed by atoms with E-state index in [9.17, 15) is 4.79 Å². The van der Waals surface area contributed by atoms with Crippen LogP contribution >= 0.6 is 11.6 Å². The number of aromatic carboxylic acids is 1. The van der Waals surface area contributed by atoms with E-state index in [0.717, 1.165) is 0 Å². The first-order valence-electron chi connectivity index (χ1n) is 5.46. The number of benzene rings is 1. The summed E-state index contributed by atoms with van der Waals surface area (Å²) >= 11 is 5.86. The summed E-state index contributed by atoms with van der Waals surface area (Å²) in [6.45, 7) is 0. The van der Waals surface area contributed by atoms with E-state index in [0.29, 0.717) is 16.3 Å². The minimum absolute atomic E-state index is 0.0645. The van der Waals surface area contributed by atoms with Gasteiger partial charge in [0.05, 0.1) is 28.7 Å². The Kier molecular flexibility index (Phi) is 3.73. The Morgan fingerprint density at radius 1 is 1.45 bits per heavy atom. The predicted octanol–water partition coefficient (Wildman–Crippen LogP) is 2.63. The number of aromatic nitrogens is 1. The Morgan fingerprint density at radius 2 is 2.20 bits per heavy atom. The molecule has 2 rings (SSSR count). The second-order valence-corrected chi connectivity index (χ2v) is 4.33. The Labute approximate surface area is 119 Å². The average molecular weight is 289 g/mol. The molecule has 1 aromatic carbocycles. The van der Waals surface area contributed by atoms with Crippen molar-refractivity contribution in [3.05, 3.63) is 46.6 Å². The summed E-state index contributed by atoms with van der Waals surface area (Å²) in [4.78, 5) is 15.0. The topological polar surface area (TPSA) is 112 Å². The summed E-state index contributed by atoms with van der Waals surface area (Å²) in [6.07, 6.45) is 1.24. The van der Waals surface area contributed by atoms with Crippen LogP contribution in [0.15, 0.2) is 30.5 Å². The molecule has 0 bridgehead atoms. The maximum atomic E-state index is 11.0. The van der Waals surface area contributed by atoms with E-state index in [1.165, 1.54) is 12.3 Å². The number of rotatable bonds is 3. The summed E-state index contributed by atoms with van der Waals surface area (Å²) in [7, 11) is 0. The summed E-state index contributed by atoms with van der Waals surface area (Å²) in [5, 5.41) is 21.3. The zero-order valence-electron chi connectivity index (χ0n) is 10.1. The van der Waals surface area contributed by atoms with Crippen LogP contribution in [0.5, 0.6) is 0 Å². The number of nitrogens with zero attached hydrogens (tertiary/aromatic N) is 2. The van der Waals surface area contributed by atoms with E-state index in [2.05, 4.69) is 10.3 Å². The van der Waals surface area contributed by atoms with Gasteiger partial charge in [-0.05, 0) is 24.3 Å². The first kappa shape index (κ1) is 13.6. The smallest absolute Gasteiger partial charge is 0.337 e. The number of halogens is 1. The monoisotopic (exact) mass is 288 g/mol. The van der Waals surface area contributed by atoms with Gasteiger partial charge in [-0.2, -0.15) is 5.26 Å². The quantitative estimate of drug-likeness (QED) is 0.800. The van der Waals surface area contributed by atoms with Crippen molar-refractivity contribution in [2.45, 2.75) is 0 Å². The van der Waals surface area contributed by atoms with E-state index in [4.69, 9.17) is 27.7 Å². The lowest BCUT2D eigenvalue weighted by molar-refractivity contribution is 0.0698. The van der Waals surface area contributed by atoms with E-state index < -0.39 is 5.97 Å². The average Bonchev–Trinajstić information content (AvgIpc) is 2.41. The van der Waals surface area contributed by atoms with Crippen LogP contribution in [0.2, 0.25) is 5.02 Å². The van der Waals surface area contributed by atoms with Crippen molar-refractivity contribution >= 4 is 34.8 Å². The van der Waals surface area contributed by atoms with Gasteiger partial charge in [0.1, 0.15) is 11.9 Å². The number of carbonyl (C=O) groups is 1. The minimum Gasteiger partial charge on any atom is -0.478 e. The number of carboxylic acid groups (broad SMARTS) is 1. The maximum absolute atomic E-state index is 11.0. The molecule has 1 heterocycles. The van der Waals surface area contributed by atoms with E-state index in [-0.39, 0.29) is 17.1 Å². The third-order valence-electron chi connectivity index (χ3n) is 2.53. The van der Waals surface area contributed by atoms with Crippen molar-refractivity contribution in [2.75, 3.05) is 11.1 Å². The van der Waals surface area contributed by atoms with Gasteiger partial charge in [0, 0.05) is 5.02 Å². The van der Waals surface area contributed by atoms with Crippen LogP contribution in [0, 0.1) is 11.3 Å². The van der Waals surface area contributed by atoms with Gasteiger partial charge in [0.15, 0.2) is 0 Å².